The number of nitrogens with zero attached hydrogens (tertiary/aromatic N) is 5. The average molecular weight is 615 g/mol. The molecule has 1 aliphatic rings. The number of hydrogen-bond donors (Lipinski definition) is 2. The highest BCUT2D eigenvalue weighted by Crippen LogP contribution is 2.25. The molecule has 2 aromatic carbocycles. The zero-order valence-electron chi connectivity index (χ0n) is 21.9. The van der Waals surface area contributed by atoms with Gasteiger partial charge < -0.3 is 25.2 Å². The molecule has 0 aliphatic carbocycles. The van der Waals surface area contributed by atoms with E-state index in [9.17, 15) is 39.7 Å². The molecule has 2 atom stereocenters. The molecule has 0 radical (unpaired) electrons. The number of benzene rings is 2. The first kappa shape index (κ1) is 30.3. The number of nitrogens with two attached hydrogens (primary N) is 1. The van der Waals surface area contributed by atoms with E-state index >= 15 is 0 Å². The highest BCUT2D eigenvalue weighted by Gasteiger charge is 2.43. The molecule has 18 heteroatoms. The van der Waals surface area contributed by atoms with Gasteiger partial charge >= 0.3 is 18.0 Å². The van der Waals surface area contributed by atoms with E-state index in [0.717, 1.165) is 16.2 Å². The van der Waals surface area contributed by atoms with E-state index in [1.54, 1.807) is 0 Å². The number of hydrogen-bond acceptors (Lipinski definition) is 14. The lowest BCUT2D eigenvalue weighted by Crippen LogP contribution is -2.41. The van der Waals surface area contributed by atoms with E-state index in [2.05, 4.69) is 10.1 Å². The molecule has 1 amide bonds. The Labute approximate surface area is 245 Å². The fraction of sp³-hybridized carbons (Fsp3) is 0.240. The highest BCUT2D eigenvalue weighted by atomic mass is 32.1. The van der Waals surface area contributed by atoms with Gasteiger partial charge in [-0.15, -0.1) is 11.3 Å². The number of nitro groups is 2. The highest BCUT2D eigenvalue weighted by molar-refractivity contribution is 7.13. The molecule has 17 nitrogen and oxygen atoms in total. The number of amides is 1. The number of carbonyl (C=O) groups excluding carboxylic acids is 2. The van der Waals surface area contributed by atoms with Crippen LogP contribution in [-0.2, 0) is 37.1 Å². The number of thiazole rings is 1. The first-order valence-corrected chi connectivity index (χ1v) is 13.1. The lowest BCUT2D eigenvalue weighted by molar-refractivity contribution is -0.385. The number of likely N-dealkylation sites (tertiary alicyclic amines) is 1. The van der Waals surface area contributed by atoms with Crippen LogP contribution in [0.15, 0.2) is 59.1 Å². The zero-order chi connectivity index (χ0) is 31.1. The summed E-state index contributed by atoms with van der Waals surface area (Å²) in [4.78, 5) is 68.6. The van der Waals surface area contributed by atoms with E-state index in [1.165, 1.54) is 53.9 Å². The predicted octanol–water partition coefficient (Wildman–Crippen LogP) is 2.87. The lowest BCUT2D eigenvalue weighted by Gasteiger charge is -2.22. The summed E-state index contributed by atoms with van der Waals surface area (Å²) in [6.45, 7) is -0.751. The van der Waals surface area contributed by atoms with Gasteiger partial charge in [-0.1, -0.05) is 5.16 Å². The predicted molar refractivity (Wildman–Crippen MR) is 147 cm³/mol. The van der Waals surface area contributed by atoms with E-state index in [4.69, 9.17) is 20.0 Å². The quantitative estimate of drug-likeness (QED) is 0.137. The van der Waals surface area contributed by atoms with Gasteiger partial charge in [0.15, 0.2) is 5.13 Å². The minimum Gasteiger partial charge on any atom is -0.476 e. The lowest BCUT2D eigenvalue weighted by atomic mass is 10.2. The molecule has 0 spiro atoms. The Bertz CT molecular complexity index is 1480. The number of carbonyl (C=O) groups is 3. The Hall–Kier alpha value is -5.65. The van der Waals surface area contributed by atoms with Crippen LogP contribution >= 0.6 is 11.3 Å². The Kier molecular flexibility index (Phi) is 9.40. The molecule has 224 valence electrons. The second kappa shape index (κ2) is 13.3. The second-order valence-corrected chi connectivity index (χ2v) is 9.85. The SMILES string of the molecule is Nc1nc(/C(=N\O[C@H]2C[C@@H](C(=O)OCc3ccc([N+](=O)[O-])cc3)N(C(=O)OCc3ccc([N+](=O)[O-])cc3)C2)C(=O)O)cs1. The Morgan fingerprint density at radius 1 is 1.00 bits per heavy atom. The number of rotatable bonds is 11. The molecular formula is C25H22N6O11S. The fourth-order valence-corrected chi connectivity index (χ4v) is 4.47. The number of carboxylic acid groups (broad SMARTS) is 1. The largest absolute Gasteiger partial charge is 0.476 e. The van der Waals surface area contributed by atoms with Gasteiger partial charge in [-0.2, -0.15) is 0 Å². The molecule has 1 aliphatic heterocycles. The average Bonchev–Trinajstić information content (AvgIpc) is 3.61. The van der Waals surface area contributed by atoms with Crippen molar-refractivity contribution >= 4 is 51.6 Å². The van der Waals surface area contributed by atoms with Crippen molar-refractivity contribution in [2.24, 2.45) is 5.16 Å². The van der Waals surface area contributed by atoms with Crippen molar-refractivity contribution in [1.82, 2.24) is 9.88 Å². The number of carboxylic acids is 1. The van der Waals surface area contributed by atoms with Crippen LogP contribution in [0.2, 0.25) is 0 Å². The van der Waals surface area contributed by atoms with Gasteiger partial charge in [0.2, 0.25) is 5.71 Å². The summed E-state index contributed by atoms with van der Waals surface area (Å²) in [6, 6.07) is 9.41. The third-order valence-electron chi connectivity index (χ3n) is 6.07. The van der Waals surface area contributed by atoms with E-state index in [0.29, 0.717) is 11.1 Å². The summed E-state index contributed by atoms with van der Waals surface area (Å²) in [6.07, 6.45) is -2.02. The molecule has 3 aromatic rings. The molecule has 1 aromatic heterocycles. The molecule has 1 saturated heterocycles. The molecule has 2 heterocycles. The van der Waals surface area contributed by atoms with Gasteiger partial charge in [-0.3, -0.25) is 25.1 Å². The number of aliphatic carboxylic acids is 1. The number of non-ortho nitro benzene ring substituents is 2. The monoisotopic (exact) mass is 614 g/mol. The second-order valence-electron chi connectivity index (χ2n) is 8.96. The zero-order valence-corrected chi connectivity index (χ0v) is 22.7. The summed E-state index contributed by atoms with van der Waals surface area (Å²) in [5, 5.41) is 36.4. The molecule has 0 saturated carbocycles. The molecule has 0 unspecified atom stereocenters. The maximum absolute atomic E-state index is 13.0. The van der Waals surface area contributed by atoms with Gasteiger partial charge in [0, 0.05) is 36.1 Å². The van der Waals surface area contributed by atoms with Crippen molar-refractivity contribution in [2.75, 3.05) is 12.3 Å². The van der Waals surface area contributed by atoms with E-state index in [1.807, 2.05) is 0 Å². The van der Waals surface area contributed by atoms with Crippen molar-refractivity contribution in [2.45, 2.75) is 31.8 Å². The number of aromatic nitrogens is 1. The molecule has 1 fully saturated rings. The minimum absolute atomic E-state index is 0.0357. The third kappa shape index (κ3) is 7.76. The standard InChI is InChI=1S/C25H22N6O11S/c26-24-27-19(13-43-24)21(22(32)33)28-42-18-9-20(23(34)40-11-14-1-5-16(6-2-14)30(36)37)29(10-18)25(35)41-12-15-3-7-17(8-4-15)31(38)39/h1-8,13,18,20H,9-12H2,(H2,26,27)(H,32,33)/b28-21+/t18-,20-/m0/s1. The van der Waals surface area contributed by atoms with Gasteiger partial charge in [0.05, 0.1) is 16.4 Å². The van der Waals surface area contributed by atoms with E-state index in [-0.39, 0.29) is 48.4 Å². The van der Waals surface area contributed by atoms with Crippen molar-refractivity contribution < 1.29 is 43.6 Å². The van der Waals surface area contributed by atoms with Crippen LogP contribution in [0.4, 0.5) is 21.3 Å². The van der Waals surface area contributed by atoms with Crippen molar-refractivity contribution in [3.05, 3.63) is 91.0 Å². The maximum Gasteiger partial charge on any atom is 0.410 e. The van der Waals surface area contributed by atoms with Crippen LogP contribution in [-0.4, -0.2) is 67.3 Å². The Morgan fingerprint density at radius 3 is 2.05 bits per heavy atom. The third-order valence-corrected chi connectivity index (χ3v) is 6.74. The van der Waals surface area contributed by atoms with Crippen molar-refractivity contribution in [1.29, 1.82) is 0 Å². The number of anilines is 1. The fourth-order valence-electron chi connectivity index (χ4n) is 3.92. The van der Waals surface area contributed by atoms with Gasteiger partial charge in [0.1, 0.15) is 31.1 Å². The van der Waals surface area contributed by atoms with Gasteiger partial charge in [-0.05, 0) is 35.4 Å². The molecule has 0 bridgehead atoms. The summed E-state index contributed by atoms with van der Waals surface area (Å²) < 4.78 is 10.7. The van der Waals surface area contributed by atoms with Crippen LogP contribution in [0.1, 0.15) is 23.2 Å². The summed E-state index contributed by atoms with van der Waals surface area (Å²) >= 11 is 0.998. The van der Waals surface area contributed by atoms with Gasteiger partial charge in [-0.25, -0.2) is 19.4 Å². The number of nitro benzene ring substituents is 2. The van der Waals surface area contributed by atoms with E-state index < -0.39 is 45.7 Å². The number of nitrogen functional groups attached to an aromatic ring is 1. The Balaban J connectivity index is 1.46. The van der Waals surface area contributed by atoms with Crippen LogP contribution in [0.25, 0.3) is 0 Å². The number of oxime groups is 1. The van der Waals surface area contributed by atoms with Crippen molar-refractivity contribution in [3.63, 3.8) is 0 Å². The molecular weight excluding hydrogens is 592 g/mol. The topological polar surface area (TPSA) is 240 Å². The summed E-state index contributed by atoms with van der Waals surface area (Å²) in [5.74, 6) is -2.28. The van der Waals surface area contributed by atoms with Crippen LogP contribution in [0.5, 0.6) is 0 Å². The van der Waals surface area contributed by atoms with Crippen LogP contribution in [0, 0.1) is 20.2 Å². The molecule has 4 rings (SSSR count). The maximum atomic E-state index is 13.0. The van der Waals surface area contributed by atoms with Crippen LogP contribution in [0.3, 0.4) is 0 Å². The number of ether oxygens (including phenoxy) is 2. The first-order valence-electron chi connectivity index (χ1n) is 12.3. The van der Waals surface area contributed by atoms with Gasteiger partial charge in [0.25, 0.3) is 11.4 Å². The smallest absolute Gasteiger partial charge is 0.410 e. The molecule has 3 N–H and O–H groups in total. The minimum atomic E-state index is -1.44. The summed E-state index contributed by atoms with van der Waals surface area (Å²) in [7, 11) is 0. The Morgan fingerprint density at radius 2 is 1.56 bits per heavy atom. The molecule has 43 heavy (non-hydrogen) atoms. The normalized spacial score (nSPS) is 16.4. The van der Waals surface area contributed by atoms with Crippen molar-refractivity contribution in [3.8, 4) is 0 Å². The first-order chi connectivity index (χ1) is 20.5. The number of esters is 1. The summed E-state index contributed by atoms with van der Waals surface area (Å²) in [5.41, 5.74) is 5.61. The van der Waals surface area contributed by atoms with Crippen LogP contribution < -0.4 is 5.73 Å².